The van der Waals surface area contributed by atoms with E-state index in [1.165, 1.54) is 6.92 Å². The van der Waals surface area contributed by atoms with Gasteiger partial charge in [0.05, 0.1) is 6.61 Å². The van der Waals surface area contributed by atoms with Crippen molar-refractivity contribution in [1.29, 1.82) is 0 Å². The number of hydrogen-bond acceptors (Lipinski definition) is 4. The van der Waals surface area contributed by atoms with Crippen LogP contribution in [0.3, 0.4) is 0 Å². The molecule has 0 amide bonds. The van der Waals surface area contributed by atoms with Gasteiger partial charge in [-0.05, 0) is 32.6 Å². The van der Waals surface area contributed by atoms with E-state index >= 15 is 0 Å². The van der Waals surface area contributed by atoms with Crippen molar-refractivity contribution < 1.29 is 24.5 Å². The molecule has 0 bridgehead atoms. The van der Waals surface area contributed by atoms with Gasteiger partial charge in [-0.2, -0.15) is 0 Å². The fourth-order valence-corrected chi connectivity index (χ4v) is 1.15. The summed E-state index contributed by atoms with van der Waals surface area (Å²) in [6, 6.07) is 0. The summed E-state index contributed by atoms with van der Waals surface area (Å²) in [6.07, 6.45) is 3.64. The predicted molar refractivity (Wildman–Crippen MR) is 67.0 cm³/mol. The zero-order chi connectivity index (χ0) is 14.0. The second-order valence-corrected chi connectivity index (χ2v) is 3.90. The number of carbonyl (C=O) groups excluding carboxylic acids is 1. The molecular formula is C13H20O5. The summed E-state index contributed by atoms with van der Waals surface area (Å²) in [7, 11) is 0. The number of carboxylic acids is 1. The first kappa shape index (κ1) is 16.4. The molecule has 102 valence electrons. The van der Waals surface area contributed by atoms with Gasteiger partial charge in [-0.15, -0.1) is 0 Å². The highest BCUT2D eigenvalue weighted by Gasteiger charge is 2.07. The van der Waals surface area contributed by atoms with E-state index in [4.69, 9.17) is 14.9 Å². The molecule has 18 heavy (non-hydrogen) atoms. The highest BCUT2D eigenvalue weighted by Crippen LogP contribution is 2.05. The Bertz CT molecular complexity index is 330. The van der Waals surface area contributed by atoms with Crippen LogP contribution in [0.1, 0.15) is 32.6 Å². The number of allylic oxidation sites excluding steroid dienone is 1. The van der Waals surface area contributed by atoms with Crippen molar-refractivity contribution in [2.45, 2.75) is 32.6 Å². The fourth-order valence-electron chi connectivity index (χ4n) is 1.15. The third-order valence-corrected chi connectivity index (χ3v) is 2.29. The number of rotatable bonds is 9. The van der Waals surface area contributed by atoms with Crippen LogP contribution in [0.25, 0.3) is 0 Å². The van der Waals surface area contributed by atoms with Crippen molar-refractivity contribution in [2.24, 2.45) is 0 Å². The number of carboxylic acid groups (broad SMARTS) is 1. The van der Waals surface area contributed by atoms with E-state index in [1.807, 2.05) is 0 Å². The van der Waals surface area contributed by atoms with E-state index in [0.717, 1.165) is 0 Å². The van der Waals surface area contributed by atoms with Crippen LogP contribution in [0.4, 0.5) is 0 Å². The Kier molecular flexibility index (Phi) is 8.57. The first-order chi connectivity index (χ1) is 8.49. The molecule has 0 saturated carbocycles. The third-order valence-electron chi connectivity index (χ3n) is 2.29. The minimum atomic E-state index is -0.940. The number of hydrogen-bond donors (Lipinski definition) is 2. The molecule has 0 fully saturated rings. The van der Waals surface area contributed by atoms with Crippen molar-refractivity contribution in [3.8, 4) is 0 Å². The van der Waals surface area contributed by atoms with Gasteiger partial charge in [0.15, 0.2) is 0 Å². The van der Waals surface area contributed by atoms with Gasteiger partial charge in [0.2, 0.25) is 0 Å². The highest BCUT2D eigenvalue weighted by molar-refractivity contribution is 5.87. The molecule has 0 atom stereocenters. The Morgan fingerprint density at radius 1 is 1.33 bits per heavy atom. The van der Waals surface area contributed by atoms with Crippen LogP contribution in [-0.4, -0.2) is 35.4 Å². The van der Waals surface area contributed by atoms with Gasteiger partial charge in [-0.1, -0.05) is 12.7 Å². The summed E-state index contributed by atoms with van der Waals surface area (Å²) in [6.45, 7) is 5.34. The number of carbonyl (C=O) groups is 2. The Balaban J connectivity index is 3.72. The van der Waals surface area contributed by atoms with Gasteiger partial charge in [0, 0.05) is 17.8 Å². The van der Waals surface area contributed by atoms with E-state index in [-0.39, 0.29) is 18.8 Å². The van der Waals surface area contributed by atoms with E-state index in [0.29, 0.717) is 31.3 Å². The Morgan fingerprint density at radius 2 is 2.00 bits per heavy atom. The zero-order valence-corrected chi connectivity index (χ0v) is 10.6. The molecule has 0 saturated heterocycles. The minimum absolute atomic E-state index is 0.0194. The first-order valence-electron chi connectivity index (χ1n) is 5.84. The van der Waals surface area contributed by atoms with Gasteiger partial charge in [0.25, 0.3) is 0 Å². The van der Waals surface area contributed by atoms with Gasteiger partial charge in [-0.3, -0.25) is 0 Å². The molecule has 0 rings (SSSR count). The van der Waals surface area contributed by atoms with Crippen LogP contribution in [0, 0.1) is 0 Å². The van der Waals surface area contributed by atoms with Gasteiger partial charge < -0.3 is 14.9 Å². The molecule has 0 unspecified atom stereocenters. The summed E-state index contributed by atoms with van der Waals surface area (Å²) < 4.78 is 4.95. The Morgan fingerprint density at radius 3 is 2.56 bits per heavy atom. The number of aliphatic hydroxyl groups is 1. The second kappa shape index (κ2) is 9.41. The minimum Gasteiger partial charge on any atom is -0.478 e. The normalized spacial score (nSPS) is 11.1. The molecule has 0 aromatic carbocycles. The summed E-state index contributed by atoms with van der Waals surface area (Å²) in [4.78, 5) is 21.8. The molecule has 0 aliphatic rings. The summed E-state index contributed by atoms with van der Waals surface area (Å²) in [5.74, 6) is -1.40. The Labute approximate surface area is 107 Å². The summed E-state index contributed by atoms with van der Waals surface area (Å²) >= 11 is 0. The molecule has 0 spiro atoms. The Hall–Kier alpha value is -1.62. The van der Waals surface area contributed by atoms with E-state index in [1.54, 1.807) is 6.08 Å². The average Bonchev–Trinajstić information content (AvgIpc) is 2.34. The van der Waals surface area contributed by atoms with Crippen LogP contribution in [0.5, 0.6) is 0 Å². The number of aliphatic carboxylic acids is 1. The topological polar surface area (TPSA) is 83.8 Å². The maximum atomic E-state index is 11.3. The van der Waals surface area contributed by atoms with Gasteiger partial charge >= 0.3 is 11.9 Å². The first-order valence-corrected chi connectivity index (χ1v) is 5.84. The SMILES string of the molecule is C=C(CCCO)C(=O)OCCCC=C(C)C(=O)O. The molecular weight excluding hydrogens is 236 g/mol. The maximum absolute atomic E-state index is 11.3. The number of esters is 1. The molecule has 0 aliphatic heterocycles. The van der Waals surface area contributed by atoms with Crippen LogP contribution in [0.15, 0.2) is 23.8 Å². The van der Waals surface area contributed by atoms with Crippen LogP contribution >= 0.6 is 0 Å². The standard InChI is InChI=1S/C13H20O5/c1-10(12(15)16)6-3-4-9-18-13(17)11(2)7-5-8-14/h6,14H,2-5,7-9H2,1H3,(H,15,16). The largest absolute Gasteiger partial charge is 0.478 e. The smallest absolute Gasteiger partial charge is 0.333 e. The van der Waals surface area contributed by atoms with Crippen LogP contribution in [0.2, 0.25) is 0 Å². The lowest BCUT2D eigenvalue weighted by Gasteiger charge is -2.05. The van der Waals surface area contributed by atoms with Gasteiger partial charge in [-0.25, -0.2) is 9.59 Å². The van der Waals surface area contributed by atoms with E-state index in [2.05, 4.69) is 6.58 Å². The molecule has 5 nitrogen and oxygen atoms in total. The third kappa shape index (κ3) is 7.62. The zero-order valence-electron chi connectivity index (χ0n) is 10.6. The predicted octanol–water partition coefficient (Wildman–Crippen LogP) is 1.67. The lowest BCUT2D eigenvalue weighted by atomic mass is 10.2. The molecule has 2 N–H and O–H groups in total. The van der Waals surface area contributed by atoms with E-state index < -0.39 is 11.9 Å². The van der Waals surface area contributed by atoms with E-state index in [9.17, 15) is 9.59 Å². The van der Waals surface area contributed by atoms with Crippen LogP contribution < -0.4 is 0 Å². The second-order valence-electron chi connectivity index (χ2n) is 3.90. The molecule has 5 heteroatoms. The van der Waals surface area contributed by atoms with Crippen molar-refractivity contribution >= 4 is 11.9 Å². The average molecular weight is 256 g/mol. The highest BCUT2D eigenvalue weighted by atomic mass is 16.5. The molecule has 0 aromatic heterocycles. The number of aliphatic hydroxyl groups excluding tert-OH is 1. The number of unbranched alkanes of at least 4 members (excludes halogenated alkanes) is 1. The van der Waals surface area contributed by atoms with Crippen molar-refractivity contribution in [2.75, 3.05) is 13.2 Å². The fraction of sp³-hybridized carbons (Fsp3) is 0.538. The van der Waals surface area contributed by atoms with Gasteiger partial charge in [0.1, 0.15) is 0 Å². The molecule has 0 aromatic rings. The van der Waals surface area contributed by atoms with Crippen LogP contribution in [-0.2, 0) is 14.3 Å². The lowest BCUT2D eigenvalue weighted by molar-refractivity contribution is -0.139. The lowest BCUT2D eigenvalue weighted by Crippen LogP contribution is -2.08. The number of ether oxygens (including phenoxy) is 1. The van der Waals surface area contributed by atoms with Crippen molar-refractivity contribution in [3.05, 3.63) is 23.8 Å². The van der Waals surface area contributed by atoms with Crippen molar-refractivity contribution in [1.82, 2.24) is 0 Å². The summed E-state index contributed by atoms with van der Waals surface area (Å²) in [5, 5.41) is 17.2. The molecule has 0 heterocycles. The quantitative estimate of drug-likeness (QED) is 0.372. The maximum Gasteiger partial charge on any atom is 0.333 e. The monoisotopic (exact) mass is 256 g/mol. The summed E-state index contributed by atoms with van der Waals surface area (Å²) in [5.41, 5.74) is 0.634. The van der Waals surface area contributed by atoms with Crippen molar-refractivity contribution in [3.63, 3.8) is 0 Å². The molecule has 0 radical (unpaired) electrons. The molecule has 0 aliphatic carbocycles.